The topological polar surface area (TPSA) is 45.6 Å². The van der Waals surface area contributed by atoms with Gasteiger partial charge in [0.1, 0.15) is 0 Å². The van der Waals surface area contributed by atoms with Gasteiger partial charge in [0, 0.05) is 16.8 Å². The van der Waals surface area contributed by atoms with Crippen molar-refractivity contribution in [2.75, 3.05) is 5.01 Å². The van der Waals surface area contributed by atoms with E-state index in [0.717, 1.165) is 5.71 Å². The quantitative estimate of drug-likeness (QED) is 0.774. The highest BCUT2D eigenvalue weighted by molar-refractivity contribution is 7.94. The van der Waals surface area contributed by atoms with Gasteiger partial charge in [-0.2, -0.15) is 14.0 Å². The van der Waals surface area contributed by atoms with Crippen LogP contribution in [-0.4, -0.2) is 16.6 Å². The highest BCUT2D eigenvalue weighted by Crippen LogP contribution is 2.24. The predicted octanol–water partition coefficient (Wildman–Crippen LogP) is 2.17. The van der Waals surface area contributed by atoms with Gasteiger partial charge in [-0.1, -0.05) is 0 Å². The number of carbonyl (C=O) groups is 1. The zero-order valence-electron chi connectivity index (χ0n) is 7.98. The van der Waals surface area contributed by atoms with Gasteiger partial charge in [0.2, 0.25) is 0 Å². The van der Waals surface area contributed by atoms with Crippen molar-refractivity contribution in [2.45, 2.75) is 18.2 Å². The fraction of sp³-hybridized carbons (Fsp3) is 0.222. The molecule has 0 unspecified atom stereocenters. The number of aromatic nitrogens is 1. The molecule has 15 heavy (non-hydrogen) atoms. The lowest BCUT2D eigenvalue weighted by molar-refractivity contribution is -0.116. The van der Waals surface area contributed by atoms with Crippen LogP contribution in [0.2, 0.25) is 0 Å². The zero-order valence-corrected chi connectivity index (χ0v) is 8.79. The van der Waals surface area contributed by atoms with Crippen molar-refractivity contribution in [3.05, 3.63) is 18.3 Å². The van der Waals surface area contributed by atoms with Crippen LogP contribution < -0.4 is 5.01 Å². The van der Waals surface area contributed by atoms with Crippen LogP contribution in [-0.2, 0) is 4.79 Å². The van der Waals surface area contributed by atoms with E-state index in [1.54, 1.807) is 6.92 Å². The van der Waals surface area contributed by atoms with Crippen LogP contribution in [0.15, 0.2) is 28.3 Å². The van der Waals surface area contributed by atoms with Gasteiger partial charge in [0.15, 0.2) is 5.82 Å². The molecule has 6 heteroatoms. The van der Waals surface area contributed by atoms with E-state index in [4.69, 9.17) is 0 Å². The summed E-state index contributed by atoms with van der Waals surface area (Å²) in [6, 6.07) is 3.02. The summed E-state index contributed by atoms with van der Waals surface area (Å²) in [5.41, 5.74) is 0.736. The lowest BCUT2D eigenvalue weighted by atomic mass is 10.3. The molecule has 2 heterocycles. The smallest absolute Gasteiger partial charge is 0.254 e. The molecule has 0 radical (unpaired) electrons. The second kappa shape index (κ2) is 3.98. The van der Waals surface area contributed by atoms with E-state index >= 15 is 0 Å². The number of halogens is 1. The highest BCUT2D eigenvalue weighted by Gasteiger charge is 2.23. The molecule has 0 aromatic carbocycles. The minimum Gasteiger partial charge on any atom is -0.272 e. The van der Waals surface area contributed by atoms with Gasteiger partial charge >= 0.3 is 0 Å². The third-order valence-corrected chi connectivity index (χ3v) is 2.37. The number of nitrogens with zero attached hydrogens (tertiary/aromatic N) is 3. The summed E-state index contributed by atoms with van der Waals surface area (Å²) < 4.78 is 12.3. The second-order valence-electron chi connectivity index (χ2n) is 3.14. The normalized spacial score (nSPS) is 15.7. The van der Waals surface area contributed by atoms with Crippen LogP contribution in [0.3, 0.4) is 0 Å². The minimum atomic E-state index is -0.138. The van der Waals surface area contributed by atoms with Crippen molar-refractivity contribution < 1.29 is 8.68 Å². The first-order valence-corrected chi connectivity index (χ1v) is 5.04. The summed E-state index contributed by atoms with van der Waals surface area (Å²) in [6.07, 6.45) is 1.75. The Kier molecular flexibility index (Phi) is 2.68. The lowest BCUT2D eigenvalue weighted by Crippen LogP contribution is -2.20. The van der Waals surface area contributed by atoms with Crippen molar-refractivity contribution in [1.82, 2.24) is 4.98 Å². The van der Waals surface area contributed by atoms with E-state index < -0.39 is 0 Å². The van der Waals surface area contributed by atoms with Crippen molar-refractivity contribution in [2.24, 2.45) is 5.10 Å². The largest absolute Gasteiger partial charge is 0.272 e. The maximum Gasteiger partial charge on any atom is 0.254 e. The summed E-state index contributed by atoms with van der Waals surface area (Å²) in [5.74, 6) is 0.223. The van der Waals surface area contributed by atoms with Crippen molar-refractivity contribution in [3.63, 3.8) is 0 Å². The maximum absolute atomic E-state index is 12.3. The maximum atomic E-state index is 12.3. The Balaban J connectivity index is 2.33. The van der Waals surface area contributed by atoms with Crippen LogP contribution in [0.4, 0.5) is 9.70 Å². The highest BCUT2D eigenvalue weighted by atomic mass is 32.2. The molecule has 0 atom stereocenters. The molecule has 1 amide bonds. The number of pyridine rings is 1. The average molecular weight is 225 g/mol. The second-order valence-corrected chi connectivity index (χ2v) is 3.77. The summed E-state index contributed by atoms with van der Waals surface area (Å²) >= 11 is 0.117. The number of hydrogen-bond donors (Lipinski definition) is 0. The molecular weight excluding hydrogens is 217 g/mol. The zero-order chi connectivity index (χ0) is 10.8. The molecular formula is C9H8FN3OS. The third-order valence-electron chi connectivity index (χ3n) is 1.94. The summed E-state index contributed by atoms with van der Waals surface area (Å²) in [6.45, 7) is 1.77. The van der Waals surface area contributed by atoms with Crippen molar-refractivity contribution in [3.8, 4) is 0 Å². The Hall–Kier alpha value is -1.43. The Morgan fingerprint density at radius 2 is 2.40 bits per heavy atom. The molecule has 0 bridgehead atoms. The first-order chi connectivity index (χ1) is 7.20. The molecule has 1 aromatic rings. The monoisotopic (exact) mass is 225 g/mol. The lowest BCUT2D eigenvalue weighted by Gasteiger charge is -2.10. The molecule has 0 saturated heterocycles. The molecule has 0 N–H and O–H groups in total. The van der Waals surface area contributed by atoms with E-state index in [1.807, 2.05) is 0 Å². The number of rotatable bonds is 2. The Bertz CT molecular complexity index is 435. The molecule has 0 fully saturated rings. The molecule has 2 rings (SSSR count). The molecule has 0 spiro atoms. The van der Waals surface area contributed by atoms with E-state index in [2.05, 4.69) is 10.1 Å². The number of carbonyl (C=O) groups excluding carboxylic acids is 1. The van der Waals surface area contributed by atoms with Gasteiger partial charge in [0.25, 0.3) is 5.91 Å². The van der Waals surface area contributed by atoms with Crippen molar-refractivity contribution >= 4 is 29.6 Å². The van der Waals surface area contributed by atoms with Crippen LogP contribution in [0.25, 0.3) is 0 Å². The van der Waals surface area contributed by atoms with Gasteiger partial charge < -0.3 is 0 Å². The summed E-state index contributed by atoms with van der Waals surface area (Å²) in [5, 5.41) is 5.22. The summed E-state index contributed by atoms with van der Waals surface area (Å²) in [4.78, 5) is 15.8. The van der Waals surface area contributed by atoms with Crippen LogP contribution in [0.5, 0.6) is 0 Å². The molecule has 78 valence electrons. The molecule has 1 aliphatic heterocycles. The Labute approximate surface area is 90.5 Å². The minimum absolute atomic E-state index is 0.117. The first kappa shape index (κ1) is 10.1. The molecule has 1 aromatic heterocycles. The average Bonchev–Trinajstić information content (AvgIpc) is 2.58. The van der Waals surface area contributed by atoms with Crippen LogP contribution in [0.1, 0.15) is 13.3 Å². The Morgan fingerprint density at radius 1 is 1.60 bits per heavy atom. The number of hydrogen-bond acceptors (Lipinski definition) is 4. The van der Waals surface area contributed by atoms with E-state index in [-0.39, 0.29) is 18.1 Å². The number of anilines is 1. The SMILES string of the molecule is CC1=NN(c2cc(SF)ccn2)C(=O)C1. The Morgan fingerprint density at radius 3 is 3.00 bits per heavy atom. The molecule has 1 aliphatic rings. The fourth-order valence-corrected chi connectivity index (χ4v) is 1.56. The van der Waals surface area contributed by atoms with Crippen LogP contribution >= 0.6 is 12.1 Å². The fourth-order valence-electron chi connectivity index (χ4n) is 1.30. The van der Waals surface area contributed by atoms with E-state index in [0.29, 0.717) is 17.1 Å². The molecule has 0 aliphatic carbocycles. The predicted molar refractivity (Wildman–Crippen MR) is 56.4 cm³/mol. The van der Waals surface area contributed by atoms with Crippen molar-refractivity contribution in [1.29, 1.82) is 0 Å². The van der Waals surface area contributed by atoms with Gasteiger partial charge in [-0.3, -0.25) is 4.79 Å². The number of amides is 1. The number of hydrazone groups is 1. The van der Waals surface area contributed by atoms with Gasteiger partial charge in [-0.05, 0) is 19.1 Å². The van der Waals surface area contributed by atoms with E-state index in [9.17, 15) is 8.68 Å². The van der Waals surface area contributed by atoms with Gasteiger partial charge in [-0.15, -0.1) is 0 Å². The summed E-state index contributed by atoms with van der Waals surface area (Å²) in [7, 11) is 0. The molecule has 4 nitrogen and oxygen atoms in total. The van der Waals surface area contributed by atoms with Crippen LogP contribution in [0, 0.1) is 0 Å². The first-order valence-electron chi connectivity index (χ1n) is 4.32. The molecule has 0 saturated carbocycles. The van der Waals surface area contributed by atoms with E-state index in [1.165, 1.54) is 23.3 Å². The van der Waals surface area contributed by atoms with Gasteiger partial charge in [-0.25, -0.2) is 4.98 Å². The standard InChI is InChI=1S/C9H8FN3OS/c1-6-4-9(14)13(12-6)8-5-7(15-10)2-3-11-8/h2-3,5H,4H2,1H3. The van der Waals surface area contributed by atoms with Gasteiger partial charge in [0.05, 0.1) is 18.6 Å². The third kappa shape index (κ3) is 1.99.